The van der Waals surface area contributed by atoms with Crippen molar-refractivity contribution in [2.75, 3.05) is 13.2 Å². The first-order valence-electron chi connectivity index (χ1n) is 8.37. The Hall–Kier alpha value is -2.42. The third-order valence-electron chi connectivity index (χ3n) is 3.74. The van der Waals surface area contributed by atoms with Crippen molar-refractivity contribution < 1.29 is 19.1 Å². The maximum atomic E-state index is 13.1. The fourth-order valence-corrected chi connectivity index (χ4v) is 3.38. The molecule has 0 saturated heterocycles. The number of rotatable bonds is 7. The summed E-state index contributed by atoms with van der Waals surface area (Å²) in [4.78, 5) is 28.5. The van der Waals surface area contributed by atoms with Gasteiger partial charge in [-0.1, -0.05) is 39.1 Å². The number of esters is 1. The molecule has 2 aromatic heterocycles. The van der Waals surface area contributed by atoms with Crippen molar-refractivity contribution in [1.82, 2.24) is 14.8 Å². The van der Waals surface area contributed by atoms with Crippen LogP contribution in [-0.2, 0) is 9.53 Å². The van der Waals surface area contributed by atoms with E-state index in [4.69, 9.17) is 32.7 Å². The molecule has 2 heterocycles. The monoisotopic (exact) mass is 497 g/mol. The highest BCUT2D eigenvalue weighted by Gasteiger charge is 2.19. The van der Waals surface area contributed by atoms with Gasteiger partial charge in [-0.2, -0.15) is 5.10 Å². The van der Waals surface area contributed by atoms with E-state index < -0.39 is 5.97 Å². The summed E-state index contributed by atoms with van der Waals surface area (Å²) in [5.74, 6) is -0.625. The first-order valence-corrected chi connectivity index (χ1v) is 9.92. The summed E-state index contributed by atoms with van der Waals surface area (Å²) in [5, 5.41) is 4.76. The summed E-state index contributed by atoms with van der Waals surface area (Å²) in [5.41, 5.74) is 0.957. The van der Waals surface area contributed by atoms with Crippen molar-refractivity contribution in [2.24, 2.45) is 0 Å². The van der Waals surface area contributed by atoms with Gasteiger partial charge < -0.3 is 9.47 Å². The van der Waals surface area contributed by atoms with Gasteiger partial charge in [0.1, 0.15) is 11.4 Å². The van der Waals surface area contributed by atoms with Crippen LogP contribution in [0.1, 0.15) is 22.8 Å². The summed E-state index contributed by atoms with van der Waals surface area (Å²) in [6.07, 6.45) is 5.76. The van der Waals surface area contributed by atoms with E-state index in [1.807, 2.05) is 0 Å². The normalized spacial score (nSPS) is 10.6. The number of pyridine rings is 1. The van der Waals surface area contributed by atoms with Crippen LogP contribution in [0.4, 0.5) is 0 Å². The predicted molar refractivity (Wildman–Crippen MR) is 111 cm³/mol. The van der Waals surface area contributed by atoms with Crippen LogP contribution in [0.15, 0.2) is 47.5 Å². The largest absolute Gasteiger partial charge is 0.481 e. The molecule has 1 aromatic carbocycles. The molecule has 0 fully saturated rings. The maximum Gasteiger partial charge on any atom is 0.344 e. The molecular formula is C19H14BrCl2N3O4. The van der Waals surface area contributed by atoms with Crippen LogP contribution in [-0.4, -0.2) is 39.7 Å². The zero-order valence-corrected chi connectivity index (χ0v) is 18.2. The van der Waals surface area contributed by atoms with E-state index in [2.05, 4.69) is 26.0 Å². The molecule has 7 nitrogen and oxygen atoms in total. The lowest BCUT2D eigenvalue weighted by molar-refractivity contribution is -0.145. The molecular weight excluding hydrogens is 485 g/mol. The smallest absolute Gasteiger partial charge is 0.344 e. The minimum absolute atomic E-state index is 0.244. The highest BCUT2D eigenvalue weighted by atomic mass is 79.9. The average molecular weight is 499 g/mol. The number of hydrogen-bond donors (Lipinski definition) is 0. The fraction of sp³-hybridized carbons (Fsp3) is 0.158. The van der Waals surface area contributed by atoms with Gasteiger partial charge in [0, 0.05) is 23.1 Å². The van der Waals surface area contributed by atoms with Crippen molar-refractivity contribution >= 4 is 50.9 Å². The molecule has 3 aromatic rings. The SMILES string of the molecule is CCOC(=O)COc1ccc(Br)cc1C(=O)c1cnn(-c2c(Cl)cncc2Cl)c1. The quantitative estimate of drug-likeness (QED) is 0.352. The van der Waals surface area contributed by atoms with Gasteiger partial charge in [-0.15, -0.1) is 0 Å². The van der Waals surface area contributed by atoms with E-state index in [0.717, 1.165) is 0 Å². The van der Waals surface area contributed by atoms with E-state index in [0.29, 0.717) is 20.2 Å². The van der Waals surface area contributed by atoms with E-state index in [1.165, 1.54) is 29.5 Å². The number of ether oxygens (including phenoxy) is 2. The third kappa shape index (κ3) is 4.95. The van der Waals surface area contributed by atoms with Gasteiger partial charge in [0.15, 0.2) is 12.4 Å². The molecule has 0 radical (unpaired) electrons. The molecule has 150 valence electrons. The highest BCUT2D eigenvalue weighted by Crippen LogP contribution is 2.29. The second kappa shape index (κ2) is 9.39. The molecule has 10 heteroatoms. The zero-order valence-electron chi connectivity index (χ0n) is 15.1. The first kappa shape index (κ1) is 21.3. The Balaban J connectivity index is 1.90. The van der Waals surface area contributed by atoms with E-state index in [9.17, 15) is 9.59 Å². The van der Waals surface area contributed by atoms with Crippen LogP contribution in [0.3, 0.4) is 0 Å². The number of aromatic nitrogens is 3. The number of nitrogens with zero attached hydrogens (tertiary/aromatic N) is 3. The minimum Gasteiger partial charge on any atom is -0.481 e. The molecule has 0 atom stereocenters. The van der Waals surface area contributed by atoms with Crippen LogP contribution in [0.5, 0.6) is 5.75 Å². The molecule has 0 aliphatic carbocycles. The second-order valence-corrected chi connectivity index (χ2v) is 7.42. The fourth-order valence-electron chi connectivity index (χ4n) is 2.49. The molecule has 0 aliphatic rings. The second-order valence-electron chi connectivity index (χ2n) is 5.69. The summed E-state index contributed by atoms with van der Waals surface area (Å²) in [6.45, 7) is 1.64. The topological polar surface area (TPSA) is 83.3 Å². The lowest BCUT2D eigenvalue weighted by Gasteiger charge is -2.10. The number of ketones is 1. The van der Waals surface area contributed by atoms with E-state index >= 15 is 0 Å². The molecule has 0 amide bonds. The van der Waals surface area contributed by atoms with Gasteiger partial charge in [-0.3, -0.25) is 9.78 Å². The Morgan fingerprint density at radius 3 is 2.59 bits per heavy atom. The Morgan fingerprint density at radius 1 is 1.17 bits per heavy atom. The molecule has 0 unspecified atom stereocenters. The van der Waals surface area contributed by atoms with Gasteiger partial charge in [0.05, 0.1) is 34.0 Å². The number of carbonyl (C=O) groups is 2. The molecule has 0 saturated carbocycles. The standard InChI is InChI=1S/C19H14BrCl2N3O4/c1-2-28-17(26)10-29-16-4-3-12(20)5-13(16)19(27)11-6-24-25(9-11)18-14(21)7-23-8-15(18)22/h3-9H,2,10H2,1H3. The summed E-state index contributed by atoms with van der Waals surface area (Å²) < 4.78 is 12.4. The molecule has 3 rings (SSSR count). The third-order valence-corrected chi connectivity index (χ3v) is 4.79. The zero-order chi connectivity index (χ0) is 21.0. The molecule has 0 spiro atoms. The van der Waals surface area contributed by atoms with Crippen molar-refractivity contribution in [3.63, 3.8) is 0 Å². The van der Waals surface area contributed by atoms with Gasteiger partial charge in [0.2, 0.25) is 0 Å². The summed E-state index contributed by atoms with van der Waals surface area (Å²) >= 11 is 15.6. The van der Waals surface area contributed by atoms with Gasteiger partial charge in [0.25, 0.3) is 0 Å². The van der Waals surface area contributed by atoms with Crippen LogP contribution in [0, 0.1) is 0 Å². The van der Waals surface area contributed by atoms with Crippen molar-refractivity contribution in [2.45, 2.75) is 6.92 Å². The lowest BCUT2D eigenvalue weighted by Crippen LogP contribution is -2.16. The highest BCUT2D eigenvalue weighted by molar-refractivity contribution is 9.10. The van der Waals surface area contributed by atoms with Crippen molar-refractivity contribution in [1.29, 1.82) is 0 Å². The Labute approximate surface area is 184 Å². The molecule has 0 bridgehead atoms. The Bertz CT molecular complexity index is 1050. The molecule has 0 aliphatic heterocycles. The van der Waals surface area contributed by atoms with E-state index in [-0.39, 0.29) is 35.9 Å². The van der Waals surface area contributed by atoms with Gasteiger partial charge in [-0.05, 0) is 25.1 Å². The number of halogens is 3. The maximum absolute atomic E-state index is 13.1. The molecule has 0 N–H and O–H groups in total. The minimum atomic E-state index is -0.524. The number of carbonyl (C=O) groups excluding carboxylic acids is 2. The van der Waals surface area contributed by atoms with Gasteiger partial charge in [-0.25, -0.2) is 9.48 Å². The van der Waals surface area contributed by atoms with Crippen molar-refractivity contribution in [3.8, 4) is 11.4 Å². The molecule has 29 heavy (non-hydrogen) atoms. The van der Waals surface area contributed by atoms with Crippen molar-refractivity contribution in [3.05, 3.63) is 68.6 Å². The van der Waals surface area contributed by atoms with E-state index in [1.54, 1.807) is 25.1 Å². The lowest BCUT2D eigenvalue weighted by atomic mass is 10.1. The van der Waals surface area contributed by atoms with Crippen LogP contribution < -0.4 is 4.74 Å². The van der Waals surface area contributed by atoms with Crippen LogP contribution >= 0.6 is 39.1 Å². The number of benzene rings is 1. The van der Waals surface area contributed by atoms with Gasteiger partial charge >= 0.3 is 5.97 Å². The summed E-state index contributed by atoms with van der Waals surface area (Å²) in [7, 11) is 0. The van der Waals surface area contributed by atoms with Crippen LogP contribution in [0.2, 0.25) is 10.0 Å². The predicted octanol–water partition coefficient (Wildman–Crippen LogP) is 4.51. The Morgan fingerprint density at radius 2 is 1.90 bits per heavy atom. The number of hydrogen-bond acceptors (Lipinski definition) is 6. The Kier molecular flexibility index (Phi) is 6.89. The average Bonchev–Trinajstić information content (AvgIpc) is 3.16. The first-order chi connectivity index (χ1) is 13.9. The summed E-state index contributed by atoms with van der Waals surface area (Å²) in [6, 6.07) is 4.90. The van der Waals surface area contributed by atoms with Crippen LogP contribution in [0.25, 0.3) is 5.69 Å².